The molecule has 5 aliphatic carbocycles. The van der Waals surface area contributed by atoms with Crippen LogP contribution in [-0.4, -0.2) is 108 Å². The summed E-state index contributed by atoms with van der Waals surface area (Å²) < 4.78 is 9.75. The molecule has 10 rings (SSSR count). The molecule has 1 atom stereocenters. The largest absolute Gasteiger partial charge is 0.495 e. The number of aromatic nitrogens is 3. The number of amides is 2. The summed E-state index contributed by atoms with van der Waals surface area (Å²) in [6.45, 7) is 11.6. The van der Waals surface area contributed by atoms with Crippen LogP contribution in [0.3, 0.4) is 0 Å². The lowest BCUT2D eigenvalue weighted by molar-refractivity contribution is -0.125. The number of carbonyl (C=O) groups is 2. The number of anilines is 2. The molecule has 0 radical (unpaired) electrons. The molecule has 336 valence electrons. The van der Waals surface area contributed by atoms with Gasteiger partial charge in [-0.2, -0.15) is 5.10 Å². The van der Waals surface area contributed by atoms with E-state index in [0.717, 1.165) is 111 Å². The Morgan fingerprint density at radius 1 is 0.968 bits per heavy atom. The highest BCUT2D eigenvalue weighted by molar-refractivity contribution is 6.09. The SMILES string of the molecule is C=NC(=N)c1c(-c2ccc(NC(=O)c3cc4ccccc4n3C)c(OC)c2)nn(C2CCC(N3CCN(CCNC(=O)[C@@H](C)CCC45CC6CC(CC(C6)C4)C5)CC3)CC2)c1NC. The maximum absolute atomic E-state index is 13.5. The maximum Gasteiger partial charge on any atom is 0.272 e. The number of rotatable bonds is 15. The van der Waals surface area contributed by atoms with Crippen LogP contribution in [0, 0.1) is 34.5 Å². The third kappa shape index (κ3) is 8.79. The van der Waals surface area contributed by atoms with Crippen LogP contribution in [0.25, 0.3) is 22.2 Å². The Morgan fingerprint density at radius 2 is 1.65 bits per heavy atom. The summed E-state index contributed by atoms with van der Waals surface area (Å²) >= 11 is 0. The second-order valence-corrected chi connectivity index (χ2v) is 19.8. The van der Waals surface area contributed by atoms with Crippen LogP contribution < -0.4 is 20.7 Å². The van der Waals surface area contributed by atoms with E-state index in [1.54, 1.807) is 7.11 Å². The highest BCUT2D eigenvalue weighted by Crippen LogP contribution is 2.61. The fourth-order valence-corrected chi connectivity index (χ4v) is 12.9. The Morgan fingerprint density at radius 3 is 2.30 bits per heavy atom. The van der Waals surface area contributed by atoms with Crippen molar-refractivity contribution in [2.75, 3.05) is 64.1 Å². The molecule has 13 heteroatoms. The zero-order valence-electron chi connectivity index (χ0n) is 37.9. The second kappa shape index (κ2) is 18.2. The van der Waals surface area contributed by atoms with E-state index in [1.807, 2.05) is 67.2 Å². The number of aliphatic imine (C=N–C) groups is 1. The van der Waals surface area contributed by atoms with E-state index in [-0.39, 0.29) is 29.6 Å². The van der Waals surface area contributed by atoms with Crippen LogP contribution in [0.2, 0.25) is 0 Å². The van der Waals surface area contributed by atoms with Gasteiger partial charge in [-0.15, -0.1) is 0 Å². The average Bonchev–Trinajstić information content (AvgIpc) is 3.86. The van der Waals surface area contributed by atoms with E-state index in [1.165, 1.54) is 44.9 Å². The molecule has 2 aromatic carbocycles. The predicted molar refractivity (Wildman–Crippen MR) is 252 cm³/mol. The van der Waals surface area contributed by atoms with Crippen molar-refractivity contribution >= 4 is 46.8 Å². The maximum atomic E-state index is 13.5. The molecule has 1 saturated heterocycles. The zero-order chi connectivity index (χ0) is 43.8. The van der Waals surface area contributed by atoms with E-state index in [9.17, 15) is 9.59 Å². The van der Waals surface area contributed by atoms with Crippen LogP contribution >= 0.6 is 0 Å². The smallest absolute Gasteiger partial charge is 0.272 e. The van der Waals surface area contributed by atoms with Gasteiger partial charge in [0.2, 0.25) is 5.91 Å². The highest BCUT2D eigenvalue weighted by Gasteiger charge is 2.50. The zero-order valence-corrected chi connectivity index (χ0v) is 37.9. The molecule has 2 aromatic heterocycles. The lowest BCUT2D eigenvalue weighted by Gasteiger charge is -2.57. The minimum atomic E-state index is -0.237. The van der Waals surface area contributed by atoms with E-state index < -0.39 is 0 Å². The van der Waals surface area contributed by atoms with Crippen LogP contribution in [-0.2, 0) is 11.8 Å². The summed E-state index contributed by atoms with van der Waals surface area (Å²) in [7, 11) is 5.34. The normalized spacial score (nSPS) is 26.4. The van der Waals surface area contributed by atoms with Crippen LogP contribution in [0.1, 0.15) is 106 Å². The third-order valence-electron chi connectivity index (χ3n) is 15.8. The number of fused-ring (bicyclic) bond motifs is 1. The number of piperazine rings is 1. The van der Waals surface area contributed by atoms with Crippen molar-refractivity contribution in [3.05, 3.63) is 59.8 Å². The van der Waals surface area contributed by atoms with Crippen molar-refractivity contribution in [2.24, 2.45) is 41.1 Å². The second-order valence-electron chi connectivity index (χ2n) is 19.8. The first-order valence-electron chi connectivity index (χ1n) is 23.7. The first-order chi connectivity index (χ1) is 30.5. The number of hydrogen-bond acceptors (Lipinski definition) is 8. The molecule has 6 aliphatic rings. The van der Waals surface area contributed by atoms with Gasteiger partial charge < -0.3 is 25.3 Å². The summed E-state index contributed by atoms with van der Waals surface area (Å²) in [5.74, 6) is 4.29. The lowest BCUT2D eigenvalue weighted by Crippen LogP contribution is -2.52. The van der Waals surface area contributed by atoms with Crippen molar-refractivity contribution in [3.8, 4) is 17.0 Å². The Hall–Kier alpha value is -5.01. The molecule has 0 unspecified atom stereocenters. The first kappa shape index (κ1) is 43.3. The van der Waals surface area contributed by atoms with Gasteiger partial charge in [-0.05, 0) is 131 Å². The van der Waals surface area contributed by atoms with Gasteiger partial charge in [0, 0.05) is 81.8 Å². The average molecular weight is 857 g/mol. The van der Waals surface area contributed by atoms with Crippen LogP contribution in [0.4, 0.5) is 11.5 Å². The fraction of sp³-hybridized carbons (Fsp3) is 0.580. The Balaban J connectivity index is 0.773. The van der Waals surface area contributed by atoms with E-state index in [4.69, 9.17) is 15.2 Å². The topological polar surface area (TPSA) is 145 Å². The molecule has 63 heavy (non-hydrogen) atoms. The van der Waals surface area contributed by atoms with Gasteiger partial charge in [0.25, 0.3) is 5.91 Å². The molecule has 1 aliphatic heterocycles. The molecular weight excluding hydrogens is 789 g/mol. The number of methoxy groups -OCH3 is 1. The first-order valence-corrected chi connectivity index (χ1v) is 23.7. The van der Waals surface area contributed by atoms with Crippen LogP contribution in [0.15, 0.2) is 53.5 Å². The number of nitrogens with zero attached hydrogens (tertiary/aromatic N) is 6. The molecule has 4 bridgehead atoms. The number of amidine groups is 1. The molecule has 13 nitrogen and oxygen atoms in total. The summed E-state index contributed by atoms with van der Waals surface area (Å²) in [5.41, 5.74) is 4.56. The van der Waals surface area contributed by atoms with Gasteiger partial charge in [0.1, 0.15) is 23.0 Å². The molecule has 2 amide bonds. The standard InChI is InChI=1S/C50H68N10O3/c1-32(16-17-50-29-33-24-34(30-50)26-35(25-33)31-50)48(61)54-18-19-58-20-22-59(23-21-58)38-11-13-39(14-12-38)60-47(53-3)44(46(51)52-2)45(56-60)37-10-15-40(43(28-37)63-5)55-49(62)42-27-36-8-6-7-9-41(36)57(42)4/h6-10,15,27-28,32-35,38-39,51,53H,2,11-14,16-26,29-31H2,1,3-5H3,(H,54,61)(H,55,62)/t32-,33?,34?,35?,38?,39?,50?/m0/s1. The highest BCUT2D eigenvalue weighted by atomic mass is 16.5. The molecule has 3 heterocycles. The number of aryl methyl sites for hydroxylation is 1. The van der Waals surface area contributed by atoms with E-state index in [0.29, 0.717) is 39.8 Å². The molecule has 4 aromatic rings. The van der Waals surface area contributed by atoms with Gasteiger partial charge in [-0.25, -0.2) is 9.67 Å². The van der Waals surface area contributed by atoms with Gasteiger partial charge >= 0.3 is 0 Å². The fourth-order valence-electron chi connectivity index (χ4n) is 12.9. The van der Waals surface area contributed by atoms with Crippen molar-refractivity contribution in [1.29, 1.82) is 5.41 Å². The van der Waals surface area contributed by atoms with E-state index in [2.05, 4.69) is 49.1 Å². The van der Waals surface area contributed by atoms with Gasteiger partial charge in [-0.1, -0.05) is 31.2 Å². The number of nitrogens with one attached hydrogen (secondary N) is 4. The summed E-state index contributed by atoms with van der Waals surface area (Å²) in [4.78, 5) is 35.8. The predicted octanol–water partition coefficient (Wildman–Crippen LogP) is 8.22. The molecule has 5 saturated carbocycles. The molecule has 6 fully saturated rings. The Bertz CT molecular complexity index is 2300. The number of carbonyl (C=O) groups excluding carboxylic acids is 2. The monoisotopic (exact) mass is 857 g/mol. The van der Waals surface area contributed by atoms with Crippen molar-refractivity contribution in [3.63, 3.8) is 0 Å². The quantitative estimate of drug-likeness (QED) is 0.0697. The summed E-state index contributed by atoms with van der Waals surface area (Å²) in [5, 5.41) is 24.7. The van der Waals surface area contributed by atoms with Crippen LogP contribution in [0.5, 0.6) is 5.75 Å². The number of hydrogen-bond donors (Lipinski definition) is 4. The van der Waals surface area contributed by atoms with Gasteiger partial charge in [-0.3, -0.25) is 24.8 Å². The molecule has 0 spiro atoms. The Labute approximate surface area is 372 Å². The van der Waals surface area contributed by atoms with Crippen molar-refractivity contribution in [1.82, 2.24) is 29.5 Å². The minimum Gasteiger partial charge on any atom is -0.495 e. The van der Waals surface area contributed by atoms with Gasteiger partial charge in [0.05, 0.1) is 24.4 Å². The number of para-hydroxylation sites is 1. The van der Waals surface area contributed by atoms with Crippen molar-refractivity contribution < 1.29 is 14.3 Å². The number of ether oxygens (including phenoxy) is 1. The molecule has 4 N–H and O–H groups in total. The Kier molecular flexibility index (Phi) is 12.5. The lowest BCUT2D eigenvalue weighted by atomic mass is 9.48. The molecular formula is C50H68N10O3. The minimum absolute atomic E-state index is 0.0424. The summed E-state index contributed by atoms with van der Waals surface area (Å²) in [6, 6.07) is 16.1. The van der Waals surface area contributed by atoms with Crippen molar-refractivity contribution in [2.45, 2.75) is 96.1 Å². The van der Waals surface area contributed by atoms with E-state index >= 15 is 0 Å². The summed E-state index contributed by atoms with van der Waals surface area (Å²) in [6.07, 6.45) is 15.1. The number of benzene rings is 2. The third-order valence-corrected chi connectivity index (χ3v) is 15.8. The van der Waals surface area contributed by atoms with Gasteiger partial charge in [0.15, 0.2) is 5.84 Å².